The summed E-state index contributed by atoms with van der Waals surface area (Å²) in [6.07, 6.45) is 3.79. The van der Waals surface area contributed by atoms with Gasteiger partial charge in [-0.1, -0.05) is 17.7 Å². The molecule has 1 aliphatic rings. The first-order chi connectivity index (χ1) is 10.5. The number of likely N-dealkylation sites (tertiary alicyclic amines) is 1. The van der Waals surface area contributed by atoms with Crippen LogP contribution in [-0.4, -0.2) is 39.6 Å². The lowest BCUT2D eigenvalue weighted by atomic mass is 10.1. The van der Waals surface area contributed by atoms with Gasteiger partial charge in [0.1, 0.15) is 0 Å². The second kappa shape index (κ2) is 5.81. The molecule has 0 unspecified atom stereocenters. The van der Waals surface area contributed by atoms with Gasteiger partial charge in [-0.15, -0.1) is 0 Å². The highest BCUT2D eigenvalue weighted by Crippen LogP contribution is 2.19. The topological polar surface area (TPSA) is 81.2 Å². The molecule has 3 rings (SSSR count). The van der Waals surface area contributed by atoms with Crippen LogP contribution in [0.15, 0.2) is 36.7 Å². The van der Waals surface area contributed by atoms with Crippen molar-refractivity contribution < 1.29 is 9.59 Å². The Morgan fingerprint density at radius 2 is 2.18 bits per heavy atom. The lowest BCUT2D eigenvalue weighted by Crippen LogP contribution is -2.31. The molecule has 2 N–H and O–H groups in total. The number of benzene rings is 1. The zero-order chi connectivity index (χ0) is 15.7. The van der Waals surface area contributed by atoms with Crippen LogP contribution in [0, 0.1) is 5.92 Å². The van der Waals surface area contributed by atoms with E-state index in [1.165, 1.54) is 6.20 Å². The van der Waals surface area contributed by atoms with E-state index in [9.17, 15) is 9.59 Å². The number of carbonyl (C=O) groups is 2. The first kappa shape index (κ1) is 14.6. The molecular formula is C15H15ClN4O2. The van der Waals surface area contributed by atoms with Gasteiger partial charge in [0.2, 0.25) is 5.91 Å². The molecule has 1 aromatic heterocycles. The molecule has 0 aliphatic carbocycles. The molecule has 7 heteroatoms. The van der Waals surface area contributed by atoms with Gasteiger partial charge < -0.3 is 10.6 Å². The lowest BCUT2D eigenvalue weighted by molar-refractivity contribution is -0.121. The van der Waals surface area contributed by atoms with E-state index in [0.717, 1.165) is 5.69 Å². The average molecular weight is 319 g/mol. The molecule has 2 amide bonds. The molecule has 114 valence electrons. The van der Waals surface area contributed by atoms with Crippen LogP contribution < -0.4 is 5.73 Å². The van der Waals surface area contributed by atoms with Crippen molar-refractivity contribution in [1.82, 2.24) is 14.7 Å². The lowest BCUT2D eigenvalue weighted by Gasteiger charge is -2.14. The second-order valence-electron chi connectivity index (χ2n) is 5.29. The summed E-state index contributed by atoms with van der Waals surface area (Å²) in [6.45, 7) is 0.908. The molecule has 1 saturated heterocycles. The van der Waals surface area contributed by atoms with Crippen LogP contribution in [0.2, 0.25) is 5.02 Å². The number of halogens is 1. The van der Waals surface area contributed by atoms with Crippen molar-refractivity contribution in [3.8, 4) is 5.69 Å². The third kappa shape index (κ3) is 2.82. The quantitative estimate of drug-likeness (QED) is 0.930. The number of aromatic nitrogens is 2. The number of hydrogen-bond donors (Lipinski definition) is 1. The summed E-state index contributed by atoms with van der Waals surface area (Å²) in [5.74, 6) is -0.756. The fraction of sp³-hybridized carbons (Fsp3) is 0.267. The fourth-order valence-corrected chi connectivity index (χ4v) is 2.74. The van der Waals surface area contributed by atoms with E-state index in [2.05, 4.69) is 5.10 Å². The smallest absolute Gasteiger partial charge is 0.257 e. The number of nitrogens with zero attached hydrogens (tertiary/aromatic N) is 3. The molecule has 2 heterocycles. The van der Waals surface area contributed by atoms with E-state index in [0.29, 0.717) is 30.1 Å². The van der Waals surface area contributed by atoms with Crippen molar-refractivity contribution in [2.45, 2.75) is 6.42 Å². The summed E-state index contributed by atoms with van der Waals surface area (Å²) in [5, 5.41) is 4.79. The van der Waals surface area contributed by atoms with Crippen LogP contribution in [0.3, 0.4) is 0 Å². The molecule has 1 aromatic carbocycles. The van der Waals surface area contributed by atoms with Gasteiger partial charge in [-0.25, -0.2) is 4.68 Å². The van der Waals surface area contributed by atoms with E-state index in [-0.39, 0.29) is 17.7 Å². The predicted octanol–water partition coefficient (Wildman–Crippen LogP) is 1.47. The number of amides is 2. The van der Waals surface area contributed by atoms with Crippen molar-refractivity contribution >= 4 is 23.4 Å². The van der Waals surface area contributed by atoms with Crippen LogP contribution in [0.4, 0.5) is 0 Å². The highest BCUT2D eigenvalue weighted by molar-refractivity contribution is 6.30. The van der Waals surface area contributed by atoms with E-state index < -0.39 is 0 Å². The van der Waals surface area contributed by atoms with Crippen molar-refractivity contribution in [2.75, 3.05) is 13.1 Å². The first-order valence-electron chi connectivity index (χ1n) is 6.94. The van der Waals surface area contributed by atoms with Crippen molar-refractivity contribution in [2.24, 2.45) is 11.7 Å². The predicted molar refractivity (Wildman–Crippen MR) is 81.8 cm³/mol. The number of rotatable bonds is 3. The van der Waals surface area contributed by atoms with Gasteiger partial charge in [0.05, 0.1) is 23.4 Å². The highest BCUT2D eigenvalue weighted by atomic mass is 35.5. The van der Waals surface area contributed by atoms with E-state index >= 15 is 0 Å². The molecular weight excluding hydrogens is 304 g/mol. The molecule has 0 saturated carbocycles. The number of hydrogen-bond acceptors (Lipinski definition) is 3. The third-order valence-electron chi connectivity index (χ3n) is 3.78. The van der Waals surface area contributed by atoms with Crippen LogP contribution in [0.25, 0.3) is 5.69 Å². The molecule has 0 radical (unpaired) electrons. The zero-order valence-electron chi connectivity index (χ0n) is 11.8. The Bertz CT molecular complexity index is 728. The summed E-state index contributed by atoms with van der Waals surface area (Å²) in [5.41, 5.74) is 6.54. The maximum absolute atomic E-state index is 12.4. The monoisotopic (exact) mass is 318 g/mol. The Balaban J connectivity index is 1.77. The Morgan fingerprint density at radius 1 is 1.36 bits per heavy atom. The molecule has 22 heavy (non-hydrogen) atoms. The summed E-state index contributed by atoms with van der Waals surface area (Å²) in [6, 6.07) is 7.21. The molecule has 1 fully saturated rings. The van der Waals surface area contributed by atoms with Crippen molar-refractivity contribution in [3.63, 3.8) is 0 Å². The van der Waals surface area contributed by atoms with Gasteiger partial charge in [-0.2, -0.15) is 5.10 Å². The Hall–Kier alpha value is -2.34. The van der Waals surface area contributed by atoms with Gasteiger partial charge in [0, 0.05) is 24.3 Å². The number of primary amides is 1. The van der Waals surface area contributed by atoms with Crippen LogP contribution in [0.1, 0.15) is 16.8 Å². The molecule has 0 bridgehead atoms. The molecule has 1 atom stereocenters. The summed E-state index contributed by atoms with van der Waals surface area (Å²) in [4.78, 5) is 25.2. The number of carbonyl (C=O) groups excluding carboxylic acids is 2. The first-order valence-corrected chi connectivity index (χ1v) is 7.31. The average Bonchev–Trinajstić information content (AvgIpc) is 3.16. The minimum absolute atomic E-state index is 0.142. The van der Waals surface area contributed by atoms with Crippen LogP contribution in [-0.2, 0) is 4.79 Å². The van der Waals surface area contributed by atoms with Gasteiger partial charge in [0.25, 0.3) is 5.91 Å². The summed E-state index contributed by atoms with van der Waals surface area (Å²) >= 11 is 5.95. The molecule has 6 nitrogen and oxygen atoms in total. The van der Waals surface area contributed by atoms with Crippen LogP contribution in [0.5, 0.6) is 0 Å². The molecule has 0 spiro atoms. The SMILES string of the molecule is NC(=O)[C@H]1CCN(C(=O)c2cnn(-c3cccc(Cl)c3)c2)C1. The summed E-state index contributed by atoms with van der Waals surface area (Å²) in [7, 11) is 0. The van der Waals surface area contributed by atoms with Gasteiger partial charge in [0.15, 0.2) is 0 Å². The zero-order valence-corrected chi connectivity index (χ0v) is 12.5. The highest BCUT2D eigenvalue weighted by Gasteiger charge is 2.30. The fourth-order valence-electron chi connectivity index (χ4n) is 2.55. The molecule has 2 aromatic rings. The van der Waals surface area contributed by atoms with Gasteiger partial charge in [-0.05, 0) is 24.6 Å². The minimum atomic E-state index is -0.357. The van der Waals surface area contributed by atoms with Gasteiger partial charge in [-0.3, -0.25) is 9.59 Å². The normalized spacial score (nSPS) is 17.7. The van der Waals surface area contributed by atoms with Gasteiger partial charge >= 0.3 is 0 Å². The maximum Gasteiger partial charge on any atom is 0.257 e. The third-order valence-corrected chi connectivity index (χ3v) is 4.02. The van der Waals surface area contributed by atoms with E-state index in [4.69, 9.17) is 17.3 Å². The Morgan fingerprint density at radius 3 is 2.86 bits per heavy atom. The maximum atomic E-state index is 12.4. The Kier molecular flexibility index (Phi) is 3.85. The Labute approximate surface area is 132 Å². The second-order valence-corrected chi connectivity index (χ2v) is 5.73. The standard InChI is InChI=1S/C15H15ClN4O2/c16-12-2-1-3-13(6-12)20-9-11(7-18-20)15(22)19-5-4-10(8-19)14(17)21/h1-3,6-7,9-10H,4-5,8H2,(H2,17,21)/t10-/m0/s1. The van der Waals surface area contributed by atoms with E-state index in [1.807, 2.05) is 12.1 Å². The largest absolute Gasteiger partial charge is 0.369 e. The summed E-state index contributed by atoms with van der Waals surface area (Å²) < 4.78 is 1.60. The number of nitrogens with two attached hydrogens (primary N) is 1. The van der Waals surface area contributed by atoms with E-state index in [1.54, 1.807) is 27.9 Å². The van der Waals surface area contributed by atoms with Crippen molar-refractivity contribution in [3.05, 3.63) is 47.2 Å². The van der Waals surface area contributed by atoms with Crippen molar-refractivity contribution in [1.29, 1.82) is 0 Å². The molecule has 1 aliphatic heterocycles. The van der Waals surface area contributed by atoms with Crippen LogP contribution >= 0.6 is 11.6 Å². The minimum Gasteiger partial charge on any atom is -0.369 e.